The van der Waals surface area contributed by atoms with Crippen molar-refractivity contribution in [3.05, 3.63) is 29.3 Å². The van der Waals surface area contributed by atoms with E-state index >= 15 is 0 Å². The molecular formula is C15H22N2O. The highest BCUT2D eigenvalue weighted by molar-refractivity contribution is 5.76. The quantitative estimate of drug-likeness (QED) is 0.838. The van der Waals surface area contributed by atoms with Gasteiger partial charge in [-0.15, -0.1) is 0 Å². The summed E-state index contributed by atoms with van der Waals surface area (Å²) in [5.41, 5.74) is 4.15. The largest absolute Gasteiger partial charge is 0.384 e. The number of amides is 1. The minimum atomic E-state index is 0.120. The summed E-state index contributed by atoms with van der Waals surface area (Å²) in [5.74, 6) is 0.120. The van der Waals surface area contributed by atoms with Gasteiger partial charge < -0.3 is 10.6 Å². The van der Waals surface area contributed by atoms with E-state index in [-0.39, 0.29) is 5.91 Å². The van der Waals surface area contributed by atoms with Crippen molar-refractivity contribution >= 4 is 11.6 Å². The molecule has 2 rings (SSSR count). The van der Waals surface area contributed by atoms with Crippen LogP contribution in [0.5, 0.6) is 0 Å². The Morgan fingerprint density at radius 1 is 1.28 bits per heavy atom. The van der Waals surface area contributed by atoms with Gasteiger partial charge in [0.2, 0.25) is 5.91 Å². The van der Waals surface area contributed by atoms with E-state index in [9.17, 15) is 4.79 Å². The number of fused-ring (bicyclic) bond motifs is 1. The molecule has 0 aliphatic heterocycles. The van der Waals surface area contributed by atoms with Crippen molar-refractivity contribution < 1.29 is 4.79 Å². The Labute approximate surface area is 109 Å². The van der Waals surface area contributed by atoms with Crippen molar-refractivity contribution in [3.63, 3.8) is 0 Å². The van der Waals surface area contributed by atoms with Crippen LogP contribution in [-0.2, 0) is 17.6 Å². The monoisotopic (exact) mass is 246 g/mol. The first-order valence-electron chi connectivity index (χ1n) is 6.92. The molecule has 0 heterocycles. The lowest BCUT2D eigenvalue weighted by molar-refractivity contribution is -0.120. The zero-order valence-electron chi connectivity index (χ0n) is 11.1. The third-order valence-electron chi connectivity index (χ3n) is 3.44. The van der Waals surface area contributed by atoms with Crippen LogP contribution in [0.25, 0.3) is 0 Å². The van der Waals surface area contributed by atoms with Gasteiger partial charge in [-0.2, -0.15) is 0 Å². The molecule has 0 bridgehead atoms. The van der Waals surface area contributed by atoms with Gasteiger partial charge in [0.15, 0.2) is 0 Å². The van der Waals surface area contributed by atoms with Crippen LogP contribution >= 0.6 is 0 Å². The highest BCUT2D eigenvalue weighted by Gasteiger charge is 2.12. The Bertz CT molecular complexity index is 415. The zero-order chi connectivity index (χ0) is 12.8. The molecule has 1 aromatic carbocycles. The summed E-state index contributed by atoms with van der Waals surface area (Å²) >= 11 is 0. The predicted octanol–water partition coefficient (Wildman–Crippen LogP) is 2.50. The van der Waals surface area contributed by atoms with E-state index in [4.69, 9.17) is 0 Å². The SMILES string of the molecule is CCNC(=O)CCNc1cccc2c1CCCC2. The fraction of sp³-hybridized carbons (Fsp3) is 0.533. The zero-order valence-corrected chi connectivity index (χ0v) is 11.1. The number of hydrogen-bond donors (Lipinski definition) is 2. The maximum absolute atomic E-state index is 11.4. The summed E-state index contributed by atoms with van der Waals surface area (Å²) < 4.78 is 0. The first-order chi connectivity index (χ1) is 8.81. The second kappa shape index (κ2) is 6.43. The van der Waals surface area contributed by atoms with E-state index in [0.717, 1.165) is 0 Å². The first-order valence-corrected chi connectivity index (χ1v) is 6.92. The Kier molecular flexibility index (Phi) is 4.62. The topological polar surface area (TPSA) is 41.1 Å². The van der Waals surface area contributed by atoms with Crippen molar-refractivity contribution in [1.29, 1.82) is 0 Å². The minimum absolute atomic E-state index is 0.120. The molecular weight excluding hydrogens is 224 g/mol. The lowest BCUT2D eigenvalue weighted by Gasteiger charge is -2.20. The molecule has 1 aliphatic rings. The van der Waals surface area contributed by atoms with Gasteiger partial charge >= 0.3 is 0 Å². The maximum Gasteiger partial charge on any atom is 0.221 e. The lowest BCUT2D eigenvalue weighted by Crippen LogP contribution is -2.25. The average molecular weight is 246 g/mol. The smallest absolute Gasteiger partial charge is 0.221 e. The summed E-state index contributed by atoms with van der Waals surface area (Å²) in [5, 5.41) is 6.22. The summed E-state index contributed by atoms with van der Waals surface area (Å²) in [4.78, 5) is 11.4. The number of aryl methyl sites for hydroxylation is 1. The molecule has 0 unspecified atom stereocenters. The number of rotatable bonds is 5. The van der Waals surface area contributed by atoms with Gasteiger partial charge in [-0.05, 0) is 49.8 Å². The van der Waals surface area contributed by atoms with Crippen molar-refractivity contribution in [2.75, 3.05) is 18.4 Å². The van der Waals surface area contributed by atoms with Gasteiger partial charge in [-0.1, -0.05) is 12.1 Å². The molecule has 1 amide bonds. The second-order valence-electron chi connectivity index (χ2n) is 4.78. The molecule has 3 heteroatoms. The van der Waals surface area contributed by atoms with E-state index in [1.807, 2.05) is 6.92 Å². The number of anilines is 1. The molecule has 0 aromatic heterocycles. The van der Waals surface area contributed by atoms with E-state index < -0.39 is 0 Å². The third kappa shape index (κ3) is 3.25. The van der Waals surface area contributed by atoms with Crippen LogP contribution in [-0.4, -0.2) is 19.0 Å². The average Bonchev–Trinajstić information content (AvgIpc) is 2.39. The normalized spacial score (nSPS) is 13.8. The summed E-state index contributed by atoms with van der Waals surface area (Å²) in [6.45, 7) is 3.36. The van der Waals surface area contributed by atoms with Crippen molar-refractivity contribution in [2.24, 2.45) is 0 Å². The van der Waals surface area contributed by atoms with Gasteiger partial charge in [-0.25, -0.2) is 0 Å². The minimum Gasteiger partial charge on any atom is -0.384 e. The lowest BCUT2D eigenvalue weighted by atomic mass is 9.90. The third-order valence-corrected chi connectivity index (χ3v) is 3.44. The van der Waals surface area contributed by atoms with Gasteiger partial charge in [-0.3, -0.25) is 4.79 Å². The molecule has 0 atom stereocenters. The van der Waals surface area contributed by atoms with Gasteiger partial charge in [0.05, 0.1) is 0 Å². The Morgan fingerprint density at radius 2 is 2.11 bits per heavy atom. The Morgan fingerprint density at radius 3 is 2.94 bits per heavy atom. The molecule has 0 radical (unpaired) electrons. The number of benzene rings is 1. The molecule has 1 aromatic rings. The fourth-order valence-corrected chi connectivity index (χ4v) is 2.54. The van der Waals surface area contributed by atoms with E-state index in [1.54, 1.807) is 0 Å². The molecule has 0 fully saturated rings. The molecule has 0 saturated carbocycles. The number of hydrogen-bond acceptors (Lipinski definition) is 2. The highest BCUT2D eigenvalue weighted by atomic mass is 16.1. The molecule has 3 nitrogen and oxygen atoms in total. The highest BCUT2D eigenvalue weighted by Crippen LogP contribution is 2.27. The van der Waals surface area contributed by atoms with Gasteiger partial charge in [0.25, 0.3) is 0 Å². The molecule has 2 N–H and O–H groups in total. The van der Waals surface area contributed by atoms with Crippen LogP contribution in [0.3, 0.4) is 0 Å². The molecule has 98 valence electrons. The van der Waals surface area contributed by atoms with Crippen molar-refractivity contribution in [2.45, 2.75) is 39.0 Å². The van der Waals surface area contributed by atoms with Gasteiger partial charge in [0.1, 0.15) is 0 Å². The van der Waals surface area contributed by atoms with E-state index in [0.29, 0.717) is 19.5 Å². The maximum atomic E-state index is 11.4. The second-order valence-corrected chi connectivity index (χ2v) is 4.78. The predicted molar refractivity (Wildman–Crippen MR) is 74.9 cm³/mol. The van der Waals surface area contributed by atoms with Crippen LogP contribution in [0.2, 0.25) is 0 Å². The van der Waals surface area contributed by atoms with E-state index in [1.165, 1.54) is 42.5 Å². The molecule has 0 saturated heterocycles. The first kappa shape index (κ1) is 12.9. The van der Waals surface area contributed by atoms with Crippen LogP contribution in [0.1, 0.15) is 37.3 Å². The summed E-state index contributed by atoms with van der Waals surface area (Å²) in [6.07, 6.45) is 5.48. The molecule has 0 spiro atoms. The van der Waals surface area contributed by atoms with E-state index in [2.05, 4.69) is 28.8 Å². The molecule has 18 heavy (non-hydrogen) atoms. The van der Waals surface area contributed by atoms with Crippen molar-refractivity contribution in [1.82, 2.24) is 5.32 Å². The Hall–Kier alpha value is -1.51. The fourth-order valence-electron chi connectivity index (χ4n) is 2.54. The van der Waals surface area contributed by atoms with Crippen molar-refractivity contribution in [3.8, 4) is 0 Å². The van der Waals surface area contributed by atoms with Gasteiger partial charge in [0, 0.05) is 25.2 Å². The Balaban J connectivity index is 1.91. The standard InChI is InChI=1S/C15H22N2O/c1-2-16-15(18)10-11-17-14-9-5-7-12-6-3-4-8-13(12)14/h5,7,9,17H,2-4,6,8,10-11H2,1H3,(H,16,18). The van der Waals surface area contributed by atoms with Crippen LogP contribution < -0.4 is 10.6 Å². The summed E-state index contributed by atoms with van der Waals surface area (Å²) in [6, 6.07) is 6.46. The number of carbonyl (C=O) groups is 1. The van der Waals surface area contributed by atoms with Crippen LogP contribution in [0.15, 0.2) is 18.2 Å². The van der Waals surface area contributed by atoms with Crippen LogP contribution in [0.4, 0.5) is 5.69 Å². The van der Waals surface area contributed by atoms with Crippen LogP contribution in [0, 0.1) is 0 Å². The molecule has 1 aliphatic carbocycles. The number of nitrogens with one attached hydrogen (secondary N) is 2. The number of carbonyl (C=O) groups excluding carboxylic acids is 1. The summed E-state index contributed by atoms with van der Waals surface area (Å²) in [7, 11) is 0.